The van der Waals surface area contributed by atoms with Gasteiger partial charge in [-0.05, 0) is 68.8 Å². The molecule has 2 nitrogen and oxygen atoms in total. The summed E-state index contributed by atoms with van der Waals surface area (Å²) in [7, 11) is 0. The smallest absolute Gasteiger partial charge is 0.255 e. The molecule has 1 aliphatic heterocycles. The molecule has 0 atom stereocenters. The van der Waals surface area contributed by atoms with E-state index in [4.69, 9.17) is 9.97 Å². The summed E-state index contributed by atoms with van der Waals surface area (Å²) in [6.07, 6.45) is 0. The zero-order valence-corrected chi connectivity index (χ0v) is 44.5. The molecule has 3 heterocycles. The number of pyridine rings is 2. The fourth-order valence-electron chi connectivity index (χ4n) is 12.7. The van der Waals surface area contributed by atoms with Gasteiger partial charge in [-0.2, -0.15) is 48.5 Å². The maximum atomic E-state index is 6.20. The summed E-state index contributed by atoms with van der Waals surface area (Å²) in [6, 6.07) is 122. The molecule has 0 aliphatic carbocycles. The van der Waals surface area contributed by atoms with E-state index in [1.165, 1.54) is 0 Å². The predicted octanol–water partition coefficient (Wildman–Crippen LogP) is 15.9. The van der Waals surface area contributed by atoms with Crippen LogP contribution in [-0.4, -0.2) is 9.97 Å². The molecule has 0 N–H and O–H groups in total. The fraction of sp³-hybridized carbons (Fsp3) is 0.0541. The van der Waals surface area contributed by atoms with E-state index in [9.17, 15) is 0 Å². The van der Waals surface area contributed by atoms with Gasteiger partial charge in [0.05, 0.1) is 44.4 Å². The van der Waals surface area contributed by atoms with Crippen LogP contribution in [0, 0.1) is 12.1 Å². The number of hydrogen-bond donors (Lipinski definition) is 0. The van der Waals surface area contributed by atoms with E-state index in [0.717, 1.165) is 89.5 Å². The van der Waals surface area contributed by atoms with Crippen LogP contribution in [0.5, 0.6) is 0 Å². The van der Waals surface area contributed by atoms with Crippen LogP contribution in [-0.2, 0) is 42.7 Å². The molecule has 0 unspecified atom stereocenters. The molecule has 0 spiro atoms. The molecule has 3 heteroatoms. The summed E-state index contributed by atoms with van der Waals surface area (Å²) in [5.41, 5.74) is 11.9. The van der Waals surface area contributed by atoms with Gasteiger partial charge in [0.25, 0.3) is 0 Å². The van der Waals surface area contributed by atoms with Crippen LogP contribution in [0.25, 0.3) is 0 Å². The maximum Gasteiger partial charge on any atom is 2.00 e. The first-order valence-electron chi connectivity index (χ1n) is 26.2. The molecule has 0 fully saturated rings. The van der Waals surface area contributed by atoms with Crippen molar-refractivity contribution < 1.29 is 21.1 Å². The van der Waals surface area contributed by atoms with E-state index in [2.05, 4.69) is 328 Å². The van der Waals surface area contributed by atoms with Gasteiger partial charge in [-0.25, -0.2) is 0 Å². The van der Waals surface area contributed by atoms with Gasteiger partial charge >= 0.3 is 21.1 Å². The SMILES string of the molecule is [Pt+2].[c-]1c2cccc1C(c1ccccc1)(c1ccccc1)c1cccc(n1)C(c1ccccc1)(c1ccccc1)c1[c-]c(ccc1)C(c1ccccc1)(c1ccccc1)c1cccc(n1)C2(c1ccccc1)c1ccccc1. The zero-order valence-electron chi connectivity index (χ0n) is 42.2. The largest absolute Gasteiger partial charge is 2.00 e. The second-order valence-corrected chi connectivity index (χ2v) is 19.7. The maximum absolute atomic E-state index is 6.20. The van der Waals surface area contributed by atoms with Gasteiger partial charge in [0, 0.05) is 0 Å². The molecule has 0 saturated carbocycles. The molecule has 368 valence electrons. The van der Waals surface area contributed by atoms with Gasteiger partial charge in [-0.1, -0.05) is 255 Å². The molecule has 77 heavy (non-hydrogen) atoms. The van der Waals surface area contributed by atoms with Crippen molar-refractivity contribution in [2.24, 2.45) is 0 Å². The van der Waals surface area contributed by atoms with E-state index in [-0.39, 0.29) is 21.1 Å². The summed E-state index contributed by atoms with van der Waals surface area (Å²) < 4.78 is 0. The number of fused-ring (bicyclic) bond motifs is 8. The Kier molecular flexibility index (Phi) is 13.2. The van der Waals surface area contributed by atoms with Gasteiger partial charge < -0.3 is 0 Å². The zero-order chi connectivity index (χ0) is 50.8. The Morgan fingerprint density at radius 3 is 0.506 bits per heavy atom. The van der Waals surface area contributed by atoms with Crippen LogP contribution in [0.2, 0.25) is 0 Å². The average molecular weight is 1160 g/mol. The summed E-state index contributed by atoms with van der Waals surface area (Å²) in [6.45, 7) is 0. The van der Waals surface area contributed by atoms with Crippen molar-refractivity contribution >= 4 is 0 Å². The first-order chi connectivity index (χ1) is 37.7. The Morgan fingerprint density at radius 2 is 0.338 bits per heavy atom. The number of benzene rings is 10. The summed E-state index contributed by atoms with van der Waals surface area (Å²) in [5, 5.41) is 0. The Morgan fingerprint density at radius 1 is 0.182 bits per heavy atom. The first kappa shape index (κ1) is 49.1. The topological polar surface area (TPSA) is 25.8 Å². The van der Waals surface area contributed by atoms with Crippen molar-refractivity contribution in [2.75, 3.05) is 0 Å². The van der Waals surface area contributed by atoms with E-state index in [1.54, 1.807) is 0 Å². The third-order valence-electron chi connectivity index (χ3n) is 15.9. The van der Waals surface area contributed by atoms with E-state index in [0.29, 0.717) is 0 Å². The standard InChI is InChI=1S/C74H52N2.Pt/c1-9-29-55(30-10-1)71(56-31-11-2-12-32-56)63-45-25-46-64(53-63)72(57-33-13-3-14-34-57,58-35-15-4-16-36-58)69-51-28-52-70(76-69)74(61-41-21-7-22-42-61,62-43-23-8-24-44-62)66-48-26-47-65(54-66)73(59-37-17-5-18-38-59,60-39-19-6-20-40-60)68-50-27-49-67(71)75-68;/h1-52H;/q-2;+2. The van der Waals surface area contributed by atoms with Crippen molar-refractivity contribution in [3.05, 3.63) is 417 Å². The minimum atomic E-state index is -0.986. The van der Waals surface area contributed by atoms with Crippen molar-refractivity contribution in [1.29, 1.82) is 0 Å². The van der Waals surface area contributed by atoms with Gasteiger partial charge in [0.15, 0.2) is 0 Å². The third kappa shape index (κ3) is 7.81. The third-order valence-corrected chi connectivity index (χ3v) is 15.9. The van der Waals surface area contributed by atoms with Crippen molar-refractivity contribution in [3.8, 4) is 0 Å². The van der Waals surface area contributed by atoms with Crippen molar-refractivity contribution in [1.82, 2.24) is 9.97 Å². The molecule has 0 saturated heterocycles. The number of hydrogen-bond acceptors (Lipinski definition) is 2. The Balaban J connectivity index is 0.00000596. The second-order valence-electron chi connectivity index (χ2n) is 19.7. The van der Waals surface area contributed by atoms with E-state index in [1.807, 2.05) is 0 Å². The molecule has 12 aromatic rings. The molecule has 2 aromatic heterocycles. The van der Waals surface area contributed by atoms with Gasteiger partial charge in [-0.15, -0.1) is 22.3 Å². The molecule has 8 bridgehead atoms. The van der Waals surface area contributed by atoms with Crippen LogP contribution < -0.4 is 0 Å². The molecular formula is C74H52N2Pt. The number of aromatic nitrogens is 2. The minimum Gasteiger partial charge on any atom is -0.255 e. The Labute approximate surface area is 466 Å². The van der Waals surface area contributed by atoms with Gasteiger partial charge in [0.1, 0.15) is 0 Å². The molecule has 10 aromatic carbocycles. The predicted molar refractivity (Wildman–Crippen MR) is 307 cm³/mol. The van der Waals surface area contributed by atoms with Crippen LogP contribution in [0.15, 0.2) is 315 Å². The van der Waals surface area contributed by atoms with E-state index >= 15 is 0 Å². The monoisotopic (exact) mass is 1160 g/mol. The quantitative estimate of drug-likeness (QED) is 0.142. The molecular weight excluding hydrogens is 1110 g/mol. The molecule has 0 amide bonds. The summed E-state index contributed by atoms with van der Waals surface area (Å²) in [5.74, 6) is 0. The minimum absolute atomic E-state index is 0. The normalized spacial score (nSPS) is 14.5. The Hall–Kier alpha value is -8.81. The van der Waals surface area contributed by atoms with Crippen molar-refractivity contribution in [2.45, 2.75) is 21.7 Å². The number of rotatable bonds is 8. The van der Waals surface area contributed by atoms with Crippen molar-refractivity contribution in [3.63, 3.8) is 0 Å². The second kappa shape index (κ2) is 20.7. The Bertz CT molecular complexity index is 3150. The molecule has 13 rings (SSSR count). The van der Waals surface area contributed by atoms with Gasteiger partial charge in [0.2, 0.25) is 0 Å². The van der Waals surface area contributed by atoms with Crippen LogP contribution in [0.4, 0.5) is 0 Å². The van der Waals surface area contributed by atoms with Crippen LogP contribution >= 0.6 is 0 Å². The summed E-state index contributed by atoms with van der Waals surface area (Å²) >= 11 is 0. The fourth-order valence-corrected chi connectivity index (χ4v) is 12.7. The van der Waals surface area contributed by atoms with E-state index < -0.39 is 21.7 Å². The molecule has 1 aliphatic rings. The van der Waals surface area contributed by atoms with Crippen LogP contribution in [0.1, 0.15) is 89.5 Å². The molecule has 0 radical (unpaired) electrons. The van der Waals surface area contributed by atoms with Crippen LogP contribution in [0.3, 0.4) is 0 Å². The first-order valence-corrected chi connectivity index (χ1v) is 26.2. The number of nitrogens with zero attached hydrogens (tertiary/aromatic N) is 2. The summed E-state index contributed by atoms with van der Waals surface area (Å²) in [4.78, 5) is 12.4. The van der Waals surface area contributed by atoms with Gasteiger partial charge in [-0.3, -0.25) is 9.97 Å². The average Bonchev–Trinajstić information content (AvgIpc) is 3.54.